The molecule has 1 aliphatic rings. The molecule has 3 nitrogen and oxygen atoms in total. The summed E-state index contributed by atoms with van der Waals surface area (Å²) in [6.07, 6.45) is 1.84. The molecule has 5 atom stereocenters. The van der Waals surface area contributed by atoms with E-state index >= 15 is 0 Å². The van der Waals surface area contributed by atoms with Gasteiger partial charge in [0.05, 0.1) is 25.7 Å². The number of likely N-dealkylation sites (N-methyl/N-ethyl adjacent to an activating group) is 1. The van der Waals surface area contributed by atoms with Gasteiger partial charge in [0.2, 0.25) is 0 Å². The number of aliphatic hydroxyl groups is 1. The van der Waals surface area contributed by atoms with E-state index in [1.54, 1.807) is 7.11 Å². The minimum Gasteiger partial charge on any atom is -0.393 e. The molecule has 0 spiro atoms. The van der Waals surface area contributed by atoms with Crippen molar-refractivity contribution in [2.24, 2.45) is 0 Å². The van der Waals surface area contributed by atoms with E-state index in [1.165, 1.54) is 0 Å². The molecule has 3 heteroatoms. The molecule has 1 rings (SSSR count). The van der Waals surface area contributed by atoms with Crippen molar-refractivity contribution < 1.29 is 14.3 Å². The molecule has 0 saturated carbocycles. The molecule has 1 heterocycles. The van der Waals surface area contributed by atoms with E-state index in [-0.39, 0.29) is 12.2 Å². The van der Waals surface area contributed by atoms with Crippen LogP contribution in [0.15, 0.2) is 0 Å². The largest absolute Gasteiger partial charge is 0.393 e. The first-order valence-corrected chi connectivity index (χ1v) is 6.01. The Morgan fingerprint density at radius 1 is 1.47 bits per heavy atom. The van der Waals surface area contributed by atoms with Crippen LogP contribution in [0, 0.1) is 0 Å². The van der Waals surface area contributed by atoms with Crippen molar-refractivity contribution in [1.29, 1.82) is 0 Å². The van der Waals surface area contributed by atoms with E-state index in [1.807, 2.05) is 0 Å². The number of piperidine rings is 1. The molecule has 0 radical (unpaired) electrons. The summed E-state index contributed by atoms with van der Waals surface area (Å²) >= 11 is 0. The highest BCUT2D eigenvalue weighted by Gasteiger charge is 2.45. The van der Waals surface area contributed by atoms with E-state index in [9.17, 15) is 5.11 Å². The SMILES string of the molecule is CC[N+]1(C)C(C)CC(O)CC1C(C)OC. The molecule has 1 fully saturated rings. The number of nitrogens with zero attached hydrogens (tertiary/aromatic N) is 1. The van der Waals surface area contributed by atoms with Gasteiger partial charge in [-0.15, -0.1) is 0 Å². The average Bonchev–Trinajstić information content (AvgIpc) is 2.22. The summed E-state index contributed by atoms with van der Waals surface area (Å²) in [5, 5.41) is 9.86. The highest BCUT2D eigenvalue weighted by atomic mass is 16.5. The van der Waals surface area contributed by atoms with Crippen molar-refractivity contribution >= 4 is 0 Å². The zero-order valence-corrected chi connectivity index (χ0v) is 10.7. The third kappa shape index (κ3) is 2.35. The fourth-order valence-electron chi connectivity index (χ4n) is 2.95. The Bertz CT molecular complexity index is 210. The number of rotatable bonds is 3. The van der Waals surface area contributed by atoms with Crippen molar-refractivity contribution in [2.45, 2.75) is 57.9 Å². The quantitative estimate of drug-likeness (QED) is 0.723. The van der Waals surface area contributed by atoms with Crippen molar-refractivity contribution in [2.75, 3.05) is 20.7 Å². The summed E-state index contributed by atoms with van der Waals surface area (Å²) in [6.45, 7) is 7.68. The highest BCUT2D eigenvalue weighted by Crippen LogP contribution is 2.32. The molecule has 1 saturated heterocycles. The van der Waals surface area contributed by atoms with Gasteiger partial charge in [-0.1, -0.05) is 0 Å². The molecular formula is C12H26NO2+. The van der Waals surface area contributed by atoms with Gasteiger partial charge in [-0.05, 0) is 20.8 Å². The fourth-order valence-corrected chi connectivity index (χ4v) is 2.95. The van der Waals surface area contributed by atoms with Gasteiger partial charge in [-0.25, -0.2) is 0 Å². The summed E-state index contributed by atoms with van der Waals surface area (Å²) in [4.78, 5) is 0. The van der Waals surface area contributed by atoms with Crippen molar-refractivity contribution in [3.05, 3.63) is 0 Å². The van der Waals surface area contributed by atoms with Crippen LogP contribution in [0.3, 0.4) is 0 Å². The second-order valence-corrected chi connectivity index (χ2v) is 5.15. The molecule has 0 aromatic heterocycles. The number of hydrogen-bond donors (Lipinski definition) is 1. The Kier molecular flexibility index (Phi) is 4.15. The highest BCUT2D eigenvalue weighted by molar-refractivity contribution is 4.80. The minimum absolute atomic E-state index is 0.152. The summed E-state index contributed by atoms with van der Waals surface area (Å²) in [6, 6.07) is 0.931. The molecule has 0 aromatic rings. The molecule has 90 valence electrons. The lowest BCUT2D eigenvalue weighted by Gasteiger charge is -2.51. The van der Waals surface area contributed by atoms with Crippen LogP contribution in [0.4, 0.5) is 0 Å². The van der Waals surface area contributed by atoms with Crippen LogP contribution in [0.5, 0.6) is 0 Å². The molecule has 0 amide bonds. The average molecular weight is 216 g/mol. The van der Waals surface area contributed by atoms with E-state index < -0.39 is 0 Å². The number of methoxy groups -OCH3 is 1. The Morgan fingerprint density at radius 3 is 2.53 bits per heavy atom. The third-order valence-corrected chi connectivity index (χ3v) is 4.49. The van der Waals surface area contributed by atoms with Crippen molar-refractivity contribution in [3.8, 4) is 0 Å². The lowest BCUT2D eigenvalue weighted by Crippen LogP contribution is -2.65. The van der Waals surface area contributed by atoms with E-state index in [4.69, 9.17) is 4.74 Å². The monoisotopic (exact) mass is 216 g/mol. The van der Waals surface area contributed by atoms with Crippen LogP contribution in [-0.2, 0) is 4.74 Å². The van der Waals surface area contributed by atoms with Gasteiger partial charge in [-0.2, -0.15) is 0 Å². The fraction of sp³-hybridized carbons (Fsp3) is 1.00. The molecular weight excluding hydrogens is 190 g/mol. The van der Waals surface area contributed by atoms with Crippen LogP contribution in [0.2, 0.25) is 0 Å². The Hall–Kier alpha value is -0.120. The molecule has 15 heavy (non-hydrogen) atoms. The minimum atomic E-state index is -0.152. The smallest absolute Gasteiger partial charge is 0.118 e. The number of quaternary nitrogens is 1. The lowest BCUT2D eigenvalue weighted by molar-refractivity contribution is -0.962. The maximum Gasteiger partial charge on any atom is 0.118 e. The number of aliphatic hydroxyl groups excluding tert-OH is 1. The van der Waals surface area contributed by atoms with Gasteiger partial charge >= 0.3 is 0 Å². The standard InChI is InChI=1S/C12H26NO2/c1-6-13(4)9(2)7-11(14)8-12(13)10(3)15-5/h9-12,14H,6-8H2,1-5H3/q+1. The van der Waals surface area contributed by atoms with Gasteiger partial charge < -0.3 is 14.3 Å². The summed E-state index contributed by atoms with van der Waals surface area (Å²) in [5.41, 5.74) is 0. The van der Waals surface area contributed by atoms with Crippen LogP contribution in [0.1, 0.15) is 33.6 Å². The normalized spacial score (nSPS) is 44.0. The first-order chi connectivity index (χ1) is 6.95. The van der Waals surface area contributed by atoms with Gasteiger partial charge in [0, 0.05) is 20.0 Å². The Morgan fingerprint density at radius 2 is 2.07 bits per heavy atom. The molecule has 0 aliphatic carbocycles. The van der Waals surface area contributed by atoms with Crippen LogP contribution >= 0.6 is 0 Å². The van der Waals surface area contributed by atoms with Crippen LogP contribution in [0.25, 0.3) is 0 Å². The predicted octanol–water partition coefficient (Wildman–Crippen LogP) is 1.40. The van der Waals surface area contributed by atoms with Gasteiger partial charge in [0.15, 0.2) is 0 Å². The van der Waals surface area contributed by atoms with Crippen LogP contribution in [-0.4, -0.2) is 54.6 Å². The van der Waals surface area contributed by atoms with Gasteiger partial charge in [0.25, 0.3) is 0 Å². The number of hydrogen-bond acceptors (Lipinski definition) is 2. The van der Waals surface area contributed by atoms with E-state index in [0.717, 1.165) is 23.9 Å². The van der Waals surface area contributed by atoms with Gasteiger partial charge in [0.1, 0.15) is 12.1 Å². The predicted molar refractivity (Wildman–Crippen MR) is 61.7 cm³/mol. The Balaban J connectivity index is 2.87. The lowest BCUT2D eigenvalue weighted by atomic mass is 9.88. The number of ether oxygens (including phenoxy) is 1. The van der Waals surface area contributed by atoms with Crippen molar-refractivity contribution in [1.82, 2.24) is 0 Å². The third-order valence-electron chi connectivity index (χ3n) is 4.49. The maximum atomic E-state index is 9.86. The first kappa shape index (κ1) is 12.9. The maximum absolute atomic E-state index is 9.86. The van der Waals surface area contributed by atoms with Crippen LogP contribution < -0.4 is 0 Å². The summed E-state index contributed by atoms with van der Waals surface area (Å²) < 4.78 is 6.48. The second kappa shape index (κ2) is 4.81. The Labute approximate surface area is 93.6 Å². The topological polar surface area (TPSA) is 29.5 Å². The molecule has 5 unspecified atom stereocenters. The molecule has 1 N–H and O–H groups in total. The van der Waals surface area contributed by atoms with Crippen molar-refractivity contribution in [3.63, 3.8) is 0 Å². The summed E-state index contributed by atoms with van der Waals surface area (Å²) in [5.74, 6) is 0. The zero-order valence-electron chi connectivity index (χ0n) is 10.7. The molecule has 1 aliphatic heterocycles. The van der Waals surface area contributed by atoms with E-state index in [2.05, 4.69) is 27.8 Å². The zero-order chi connectivity index (χ0) is 11.6. The van der Waals surface area contributed by atoms with Gasteiger partial charge in [-0.3, -0.25) is 0 Å². The molecule has 0 bridgehead atoms. The second-order valence-electron chi connectivity index (χ2n) is 5.15. The number of likely N-dealkylation sites (tertiary alicyclic amines) is 1. The van der Waals surface area contributed by atoms with E-state index in [0.29, 0.717) is 12.1 Å². The first-order valence-electron chi connectivity index (χ1n) is 6.01. The summed E-state index contributed by atoms with van der Waals surface area (Å²) in [7, 11) is 4.05. The molecule has 0 aromatic carbocycles.